The van der Waals surface area contributed by atoms with E-state index in [0.717, 1.165) is 5.56 Å². The Morgan fingerprint density at radius 2 is 1.74 bits per heavy atom. The number of ether oxygens (including phenoxy) is 1. The molecule has 0 aromatic heterocycles. The summed E-state index contributed by atoms with van der Waals surface area (Å²) in [5, 5.41) is 2.41. The molecule has 1 unspecified atom stereocenters. The molecule has 0 saturated carbocycles. The number of benzene rings is 3. The van der Waals surface area contributed by atoms with E-state index < -0.39 is 34.4 Å². The molecular weight excluding hydrogens is 443 g/mol. The molecule has 0 aliphatic heterocycles. The van der Waals surface area contributed by atoms with Crippen LogP contribution in [-0.2, 0) is 14.8 Å². The minimum absolute atomic E-state index is 0.0222. The Balaban J connectivity index is 1.64. The molecule has 0 saturated heterocycles. The van der Waals surface area contributed by atoms with Crippen LogP contribution >= 0.6 is 11.6 Å². The maximum Gasteiger partial charge on any atom is 0.262 e. The molecule has 0 bridgehead atoms. The lowest BCUT2D eigenvalue weighted by Gasteiger charge is -2.15. The fourth-order valence-corrected chi connectivity index (χ4v) is 4.33. The van der Waals surface area contributed by atoms with Gasteiger partial charge in [-0.2, -0.15) is 0 Å². The standard InChI is InChI=1S/C22H20ClFN2O4S/c1-15(16-7-3-2-4-8-16)26-31(28,29)17-11-12-21(18(23)13-17)30-14-22(27)25-20-10-6-5-9-19(20)24/h2-13,15,26H,14H2,1H3,(H,25,27). The topological polar surface area (TPSA) is 84.5 Å². The number of rotatable bonds is 8. The Hall–Kier alpha value is -2.94. The molecule has 0 aliphatic carbocycles. The van der Waals surface area contributed by atoms with E-state index in [-0.39, 0.29) is 21.4 Å². The van der Waals surface area contributed by atoms with Crippen LogP contribution in [0, 0.1) is 5.82 Å². The Bertz CT molecular complexity index is 1170. The van der Waals surface area contributed by atoms with Gasteiger partial charge in [0, 0.05) is 6.04 Å². The number of para-hydroxylation sites is 1. The molecule has 9 heteroatoms. The first-order chi connectivity index (χ1) is 14.8. The van der Waals surface area contributed by atoms with Crippen LogP contribution in [0.3, 0.4) is 0 Å². The van der Waals surface area contributed by atoms with Gasteiger partial charge in [0.25, 0.3) is 5.91 Å². The van der Waals surface area contributed by atoms with E-state index in [4.69, 9.17) is 16.3 Å². The lowest BCUT2D eigenvalue weighted by Crippen LogP contribution is -2.27. The fourth-order valence-electron chi connectivity index (χ4n) is 2.77. The molecule has 31 heavy (non-hydrogen) atoms. The monoisotopic (exact) mass is 462 g/mol. The van der Waals surface area contributed by atoms with Gasteiger partial charge in [-0.25, -0.2) is 17.5 Å². The van der Waals surface area contributed by atoms with E-state index in [2.05, 4.69) is 10.0 Å². The number of nitrogens with one attached hydrogen (secondary N) is 2. The van der Waals surface area contributed by atoms with Gasteiger partial charge in [-0.05, 0) is 42.8 Å². The summed E-state index contributed by atoms with van der Waals surface area (Å²) in [5.74, 6) is -1.03. The minimum Gasteiger partial charge on any atom is -0.482 e. The Morgan fingerprint density at radius 1 is 1.06 bits per heavy atom. The van der Waals surface area contributed by atoms with Crippen molar-refractivity contribution in [2.45, 2.75) is 17.9 Å². The Morgan fingerprint density at radius 3 is 2.42 bits per heavy atom. The van der Waals surface area contributed by atoms with Crippen molar-refractivity contribution in [1.29, 1.82) is 0 Å². The van der Waals surface area contributed by atoms with Crippen molar-refractivity contribution in [2.75, 3.05) is 11.9 Å². The third-order valence-electron chi connectivity index (χ3n) is 4.35. The SMILES string of the molecule is CC(NS(=O)(=O)c1ccc(OCC(=O)Nc2ccccc2F)c(Cl)c1)c1ccccc1. The Labute approximate surface area is 185 Å². The number of carbonyl (C=O) groups excluding carboxylic acids is 1. The third kappa shape index (κ3) is 6.04. The zero-order chi connectivity index (χ0) is 22.4. The van der Waals surface area contributed by atoms with E-state index >= 15 is 0 Å². The van der Waals surface area contributed by atoms with Crippen molar-refractivity contribution in [3.8, 4) is 5.75 Å². The van der Waals surface area contributed by atoms with E-state index in [1.807, 2.05) is 30.3 Å². The second-order valence-corrected chi connectivity index (χ2v) is 8.78. The van der Waals surface area contributed by atoms with E-state index in [9.17, 15) is 17.6 Å². The summed E-state index contributed by atoms with van der Waals surface area (Å²) in [6.45, 7) is 1.31. The van der Waals surface area contributed by atoms with Gasteiger partial charge < -0.3 is 10.1 Å². The second kappa shape index (κ2) is 9.91. The van der Waals surface area contributed by atoms with Crippen LogP contribution in [0.2, 0.25) is 5.02 Å². The number of hydrogen-bond donors (Lipinski definition) is 2. The van der Waals surface area contributed by atoms with Crippen LogP contribution < -0.4 is 14.8 Å². The summed E-state index contributed by atoms with van der Waals surface area (Å²) in [7, 11) is -3.83. The molecule has 0 fully saturated rings. The number of amides is 1. The highest BCUT2D eigenvalue weighted by Gasteiger charge is 2.20. The first-order valence-corrected chi connectivity index (χ1v) is 11.2. The van der Waals surface area contributed by atoms with Gasteiger partial charge in [-0.15, -0.1) is 0 Å². The Kier molecular flexibility index (Phi) is 7.27. The van der Waals surface area contributed by atoms with Crippen molar-refractivity contribution in [3.05, 3.63) is 89.2 Å². The molecule has 1 atom stereocenters. The third-order valence-corrected chi connectivity index (χ3v) is 6.19. The average molecular weight is 463 g/mol. The zero-order valence-electron chi connectivity index (χ0n) is 16.5. The van der Waals surface area contributed by atoms with Gasteiger partial charge in [-0.3, -0.25) is 4.79 Å². The maximum atomic E-state index is 13.6. The minimum atomic E-state index is -3.83. The molecule has 162 valence electrons. The highest BCUT2D eigenvalue weighted by Crippen LogP contribution is 2.28. The summed E-state index contributed by atoms with van der Waals surface area (Å²) >= 11 is 6.15. The van der Waals surface area contributed by atoms with Crippen LogP contribution in [0.25, 0.3) is 0 Å². The van der Waals surface area contributed by atoms with Crippen LogP contribution in [0.15, 0.2) is 77.7 Å². The van der Waals surface area contributed by atoms with Crippen molar-refractivity contribution < 1.29 is 22.3 Å². The van der Waals surface area contributed by atoms with Crippen LogP contribution in [0.5, 0.6) is 5.75 Å². The average Bonchev–Trinajstić information content (AvgIpc) is 2.75. The predicted octanol–water partition coefficient (Wildman–Crippen LogP) is 4.54. The van der Waals surface area contributed by atoms with Gasteiger partial charge in [0.2, 0.25) is 10.0 Å². The van der Waals surface area contributed by atoms with E-state index in [0.29, 0.717) is 0 Å². The highest BCUT2D eigenvalue weighted by molar-refractivity contribution is 7.89. The fraction of sp³-hybridized carbons (Fsp3) is 0.136. The maximum absolute atomic E-state index is 13.6. The number of anilines is 1. The quantitative estimate of drug-likeness (QED) is 0.515. The molecule has 3 aromatic rings. The molecule has 1 amide bonds. The normalized spacial score (nSPS) is 12.2. The van der Waals surface area contributed by atoms with Crippen LogP contribution in [0.4, 0.5) is 10.1 Å². The number of sulfonamides is 1. The van der Waals surface area contributed by atoms with Gasteiger partial charge in [-0.1, -0.05) is 54.1 Å². The lowest BCUT2D eigenvalue weighted by molar-refractivity contribution is -0.118. The number of carbonyl (C=O) groups is 1. The molecule has 2 N–H and O–H groups in total. The van der Waals surface area contributed by atoms with E-state index in [1.165, 1.54) is 36.4 Å². The lowest BCUT2D eigenvalue weighted by atomic mass is 10.1. The molecule has 3 aromatic carbocycles. The van der Waals surface area contributed by atoms with E-state index in [1.54, 1.807) is 13.0 Å². The van der Waals surface area contributed by atoms with Crippen LogP contribution in [0.1, 0.15) is 18.5 Å². The summed E-state index contributed by atoms with van der Waals surface area (Å²) in [6.07, 6.45) is 0. The number of hydrogen-bond acceptors (Lipinski definition) is 4. The van der Waals surface area contributed by atoms with Crippen molar-refractivity contribution in [1.82, 2.24) is 4.72 Å². The molecule has 0 radical (unpaired) electrons. The second-order valence-electron chi connectivity index (χ2n) is 6.66. The largest absolute Gasteiger partial charge is 0.482 e. The molecule has 0 spiro atoms. The van der Waals surface area contributed by atoms with Gasteiger partial charge >= 0.3 is 0 Å². The van der Waals surface area contributed by atoms with Gasteiger partial charge in [0.1, 0.15) is 11.6 Å². The molecule has 0 heterocycles. The van der Waals surface area contributed by atoms with Crippen LogP contribution in [-0.4, -0.2) is 20.9 Å². The molecule has 6 nitrogen and oxygen atoms in total. The van der Waals surface area contributed by atoms with Crippen molar-refractivity contribution in [2.24, 2.45) is 0 Å². The van der Waals surface area contributed by atoms with Gasteiger partial charge in [0.15, 0.2) is 6.61 Å². The zero-order valence-corrected chi connectivity index (χ0v) is 18.1. The number of halogens is 2. The summed E-state index contributed by atoms with van der Waals surface area (Å²) in [4.78, 5) is 11.9. The highest BCUT2D eigenvalue weighted by atomic mass is 35.5. The smallest absolute Gasteiger partial charge is 0.262 e. The molecular formula is C22H20ClFN2O4S. The van der Waals surface area contributed by atoms with Crippen molar-refractivity contribution in [3.63, 3.8) is 0 Å². The summed E-state index contributed by atoms with van der Waals surface area (Å²) < 4.78 is 46.9. The molecule has 0 aliphatic rings. The molecule has 3 rings (SSSR count). The summed E-state index contributed by atoms with van der Waals surface area (Å²) in [5.41, 5.74) is 0.847. The first-order valence-electron chi connectivity index (χ1n) is 9.30. The van der Waals surface area contributed by atoms with Crippen molar-refractivity contribution >= 4 is 33.2 Å². The van der Waals surface area contributed by atoms with Gasteiger partial charge in [0.05, 0.1) is 15.6 Å². The predicted molar refractivity (Wildman–Crippen MR) is 117 cm³/mol. The summed E-state index contributed by atoms with van der Waals surface area (Å²) in [6, 6.07) is 18.4. The first kappa shape index (κ1) is 22.7.